The van der Waals surface area contributed by atoms with Crippen LogP contribution in [0.1, 0.15) is 23.2 Å². The van der Waals surface area contributed by atoms with E-state index < -0.39 is 21.4 Å². The normalized spacial score (nSPS) is 14.0. The van der Waals surface area contributed by atoms with Gasteiger partial charge in [0.25, 0.3) is 5.91 Å². The van der Waals surface area contributed by atoms with Gasteiger partial charge in [-0.1, -0.05) is 41.4 Å². The lowest BCUT2D eigenvalue weighted by atomic mass is 10.1. The maximum atomic E-state index is 12.4. The van der Waals surface area contributed by atoms with Crippen LogP contribution in [-0.4, -0.2) is 41.8 Å². The lowest BCUT2D eigenvalue weighted by Crippen LogP contribution is -2.22. The summed E-state index contributed by atoms with van der Waals surface area (Å²) in [5.74, 6) is -1.18. The van der Waals surface area contributed by atoms with Gasteiger partial charge < -0.3 is 0 Å². The van der Waals surface area contributed by atoms with E-state index in [1.807, 2.05) is 31.2 Å². The molecule has 0 saturated carbocycles. The van der Waals surface area contributed by atoms with E-state index in [1.54, 1.807) is 0 Å². The molecular weight excluding hydrogens is 472 g/mol. The number of thiophene rings is 1. The van der Waals surface area contributed by atoms with Crippen molar-refractivity contribution in [3.8, 4) is 0 Å². The number of benzene rings is 1. The average Bonchev–Trinajstić information content (AvgIpc) is 3.35. The fraction of sp³-hybridized carbons (Fsp3) is 0.190. The van der Waals surface area contributed by atoms with Crippen LogP contribution in [0.5, 0.6) is 0 Å². The summed E-state index contributed by atoms with van der Waals surface area (Å²) in [6, 6.07) is 13.6. The summed E-state index contributed by atoms with van der Waals surface area (Å²) in [5.41, 5.74) is 2.90. The van der Waals surface area contributed by atoms with Gasteiger partial charge in [0.2, 0.25) is 0 Å². The van der Waals surface area contributed by atoms with Crippen LogP contribution in [-0.2, 0) is 25.8 Å². The van der Waals surface area contributed by atoms with Crippen LogP contribution in [0.4, 0.5) is 5.82 Å². The van der Waals surface area contributed by atoms with E-state index in [9.17, 15) is 18.0 Å². The number of amides is 1. The highest BCUT2D eigenvalue weighted by atomic mass is 35.5. The van der Waals surface area contributed by atoms with Gasteiger partial charge in [0.05, 0.1) is 28.6 Å². The van der Waals surface area contributed by atoms with Crippen molar-refractivity contribution in [2.24, 2.45) is 5.10 Å². The number of hydrogen-bond donors (Lipinski definition) is 0. The monoisotopic (exact) mass is 488 g/mol. The van der Waals surface area contributed by atoms with E-state index >= 15 is 0 Å². The highest BCUT2D eigenvalue weighted by Gasteiger charge is 2.27. The number of aryl methyl sites for hydroxylation is 1. The molecule has 0 spiro atoms. The van der Waals surface area contributed by atoms with Crippen molar-refractivity contribution in [2.45, 2.75) is 24.0 Å². The maximum absolute atomic E-state index is 12.4. The maximum Gasteiger partial charge on any atom is 0.255 e. The summed E-state index contributed by atoms with van der Waals surface area (Å²) < 4.78 is 25.0. The molecule has 0 bridgehead atoms. The van der Waals surface area contributed by atoms with Gasteiger partial charge in [-0.3, -0.25) is 9.59 Å². The van der Waals surface area contributed by atoms with Crippen LogP contribution >= 0.6 is 22.9 Å². The van der Waals surface area contributed by atoms with Crippen molar-refractivity contribution in [1.82, 2.24) is 10.2 Å². The molecule has 0 unspecified atom stereocenters. The molecule has 1 aliphatic heterocycles. The molecule has 1 aromatic carbocycles. The van der Waals surface area contributed by atoms with Crippen LogP contribution in [0.3, 0.4) is 0 Å². The van der Waals surface area contributed by atoms with Crippen molar-refractivity contribution in [1.29, 1.82) is 0 Å². The Balaban J connectivity index is 1.43. The van der Waals surface area contributed by atoms with Crippen LogP contribution in [0, 0.1) is 6.92 Å². The van der Waals surface area contributed by atoms with Crippen molar-refractivity contribution >= 4 is 56.0 Å². The van der Waals surface area contributed by atoms with Gasteiger partial charge in [0, 0.05) is 0 Å². The third kappa shape index (κ3) is 4.93. The van der Waals surface area contributed by atoms with E-state index in [0.717, 1.165) is 22.5 Å². The van der Waals surface area contributed by atoms with E-state index in [1.165, 1.54) is 29.3 Å². The number of hydrogen-bond acceptors (Lipinski definition) is 8. The molecule has 0 saturated heterocycles. The summed E-state index contributed by atoms with van der Waals surface area (Å²) in [7, 11) is -3.76. The van der Waals surface area contributed by atoms with Crippen LogP contribution in [0.25, 0.3) is 0 Å². The van der Waals surface area contributed by atoms with E-state index in [0.29, 0.717) is 15.7 Å². The summed E-state index contributed by atoms with van der Waals surface area (Å²) in [5, 5.41) is 13.5. The zero-order chi connectivity index (χ0) is 22.9. The standard InChI is InChI=1S/C21H17ClN4O4S2/c1-13-2-4-14(5-3-13)17-11-20(28)26(25-17)19-8-6-15(23-24-19)10-16(27)12-32(29,30)21-9-7-18(22)31-21/h2-9H,10-12H2,1H3. The number of aromatic nitrogens is 2. The number of halogens is 1. The number of Topliss-reactive ketones (excluding diaryl/α,β-unsaturated/α-hetero) is 1. The SMILES string of the molecule is Cc1ccc(C2=NN(c3ccc(CC(=O)CS(=O)(=O)c4ccc(Cl)s4)nn3)C(=O)C2)cc1. The number of sulfone groups is 1. The lowest BCUT2D eigenvalue weighted by Gasteiger charge is -2.09. The molecule has 1 amide bonds. The molecule has 1 aliphatic rings. The fourth-order valence-electron chi connectivity index (χ4n) is 3.08. The van der Waals surface area contributed by atoms with Crippen LogP contribution in [0.2, 0.25) is 4.34 Å². The molecule has 0 aliphatic carbocycles. The average molecular weight is 489 g/mol. The molecule has 0 atom stereocenters. The molecular formula is C21H17ClN4O4S2. The Morgan fingerprint density at radius 2 is 1.84 bits per heavy atom. The first-order valence-electron chi connectivity index (χ1n) is 9.51. The molecule has 164 valence electrons. The summed E-state index contributed by atoms with van der Waals surface area (Å²) in [6.45, 7) is 1.98. The lowest BCUT2D eigenvalue weighted by molar-refractivity contribution is -0.117. The molecule has 11 heteroatoms. The number of hydrazone groups is 1. The van der Waals surface area contributed by atoms with Gasteiger partial charge in [-0.2, -0.15) is 15.2 Å². The number of nitrogens with zero attached hydrogens (tertiary/aromatic N) is 4. The molecule has 0 N–H and O–H groups in total. The molecule has 2 aromatic heterocycles. The minimum Gasteiger partial charge on any atom is -0.298 e. The van der Waals surface area contributed by atoms with Gasteiger partial charge in [-0.15, -0.1) is 16.4 Å². The quantitative estimate of drug-likeness (QED) is 0.505. The molecule has 8 nitrogen and oxygen atoms in total. The van der Waals surface area contributed by atoms with Crippen molar-refractivity contribution in [3.63, 3.8) is 0 Å². The minimum absolute atomic E-state index is 0.0482. The molecule has 0 radical (unpaired) electrons. The first kappa shape index (κ1) is 22.3. The second-order valence-corrected chi connectivity index (χ2v) is 11.1. The van der Waals surface area contributed by atoms with Gasteiger partial charge >= 0.3 is 0 Å². The molecule has 3 heterocycles. The fourth-order valence-corrected chi connectivity index (χ4v) is 5.89. The minimum atomic E-state index is -3.76. The van der Waals surface area contributed by atoms with Crippen molar-refractivity contribution in [2.75, 3.05) is 10.8 Å². The topological polar surface area (TPSA) is 110 Å². The number of ketones is 1. The van der Waals surface area contributed by atoms with Crippen molar-refractivity contribution < 1.29 is 18.0 Å². The Kier molecular flexibility index (Phi) is 6.18. The Hall–Kier alpha value is -2.95. The first-order chi connectivity index (χ1) is 15.2. The van der Waals surface area contributed by atoms with Crippen LogP contribution in [0.15, 0.2) is 57.8 Å². The van der Waals surface area contributed by atoms with Crippen LogP contribution < -0.4 is 5.01 Å². The number of carbonyl (C=O) groups excluding carboxylic acids is 2. The molecule has 3 aromatic rings. The smallest absolute Gasteiger partial charge is 0.255 e. The van der Waals surface area contributed by atoms with E-state index in [2.05, 4.69) is 15.3 Å². The Bertz CT molecular complexity index is 1320. The third-order valence-corrected chi connectivity index (χ3v) is 8.16. The van der Waals surface area contributed by atoms with Gasteiger partial charge in [0.1, 0.15) is 9.96 Å². The van der Waals surface area contributed by atoms with Gasteiger partial charge in [-0.05, 0) is 36.8 Å². The summed E-state index contributed by atoms with van der Waals surface area (Å²) in [6.07, 6.45) is -0.0486. The third-order valence-electron chi connectivity index (χ3n) is 4.67. The summed E-state index contributed by atoms with van der Waals surface area (Å²) >= 11 is 6.68. The second kappa shape index (κ2) is 8.89. The number of anilines is 1. The Morgan fingerprint density at radius 1 is 1.09 bits per heavy atom. The Labute approximate surface area is 193 Å². The first-order valence-corrected chi connectivity index (χ1v) is 12.4. The number of carbonyl (C=O) groups is 2. The predicted octanol–water partition coefficient (Wildman–Crippen LogP) is 3.23. The zero-order valence-corrected chi connectivity index (χ0v) is 19.2. The molecule has 32 heavy (non-hydrogen) atoms. The summed E-state index contributed by atoms with van der Waals surface area (Å²) in [4.78, 5) is 24.7. The highest BCUT2D eigenvalue weighted by Crippen LogP contribution is 2.26. The molecule has 0 fully saturated rings. The zero-order valence-electron chi connectivity index (χ0n) is 16.9. The predicted molar refractivity (Wildman–Crippen MR) is 122 cm³/mol. The number of rotatable bonds is 7. The second-order valence-electron chi connectivity index (χ2n) is 7.21. The largest absolute Gasteiger partial charge is 0.298 e. The van der Waals surface area contributed by atoms with E-state index in [4.69, 9.17) is 11.6 Å². The highest BCUT2D eigenvalue weighted by molar-refractivity contribution is 7.94. The Morgan fingerprint density at radius 3 is 2.47 bits per heavy atom. The van der Waals surface area contributed by atoms with Gasteiger partial charge in [0.15, 0.2) is 21.4 Å². The van der Waals surface area contributed by atoms with Crippen molar-refractivity contribution in [3.05, 3.63) is 69.7 Å². The van der Waals surface area contributed by atoms with E-state index in [-0.39, 0.29) is 28.8 Å². The van der Waals surface area contributed by atoms with Gasteiger partial charge in [-0.25, -0.2) is 8.42 Å². The molecule has 4 rings (SSSR count).